The summed E-state index contributed by atoms with van der Waals surface area (Å²) in [7, 11) is 0. The van der Waals surface area contributed by atoms with Gasteiger partial charge in [0.25, 0.3) is 0 Å². The van der Waals surface area contributed by atoms with Crippen LogP contribution in [-0.2, 0) is 11.3 Å². The zero-order valence-corrected chi connectivity index (χ0v) is 18.7. The van der Waals surface area contributed by atoms with Gasteiger partial charge in [0.15, 0.2) is 0 Å². The number of hydrogen-bond acceptors (Lipinski definition) is 2. The number of hydrogen-bond donors (Lipinski definition) is 0. The molecule has 0 aromatic heterocycles. The number of benzene rings is 4. The largest absolute Gasteiger partial charge is 0.494 e. The average molecular weight is 442 g/mol. The van der Waals surface area contributed by atoms with Crippen molar-refractivity contribution in [3.63, 3.8) is 0 Å². The molecule has 0 fully saturated rings. The minimum Gasteiger partial charge on any atom is -0.494 e. The molecule has 0 N–H and O–H groups in total. The predicted molar refractivity (Wildman–Crippen MR) is 131 cm³/mol. The fraction of sp³-hybridized carbons (Fsp3) is 0.179. The average Bonchev–Trinajstić information content (AvgIpc) is 2.81. The first-order valence-corrected chi connectivity index (χ1v) is 11.3. The third-order valence-electron chi connectivity index (χ3n) is 6.09. The fourth-order valence-electron chi connectivity index (χ4n) is 4.72. The van der Waals surface area contributed by atoms with E-state index in [0.29, 0.717) is 24.6 Å². The summed E-state index contributed by atoms with van der Waals surface area (Å²) in [6.07, 6.45) is 0.395. The number of fused-ring (bicyclic) bond motifs is 3. The minimum atomic E-state index is -0.0676. The van der Waals surface area contributed by atoms with Crippen molar-refractivity contribution in [2.75, 3.05) is 11.5 Å². The van der Waals surface area contributed by atoms with Gasteiger partial charge in [-0.1, -0.05) is 72.3 Å². The van der Waals surface area contributed by atoms with E-state index in [4.69, 9.17) is 16.3 Å². The molecule has 32 heavy (non-hydrogen) atoms. The van der Waals surface area contributed by atoms with Crippen LogP contribution in [0, 0.1) is 0 Å². The van der Waals surface area contributed by atoms with Gasteiger partial charge in [-0.25, -0.2) is 0 Å². The van der Waals surface area contributed by atoms with Crippen molar-refractivity contribution in [3.8, 4) is 5.75 Å². The normalized spacial score (nSPS) is 15.6. The van der Waals surface area contributed by atoms with E-state index < -0.39 is 0 Å². The lowest BCUT2D eigenvalue weighted by Gasteiger charge is -2.36. The molecule has 4 aromatic carbocycles. The first-order valence-electron chi connectivity index (χ1n) is 10.9. The van der Waals surface area contributed by atoms with Crippen LogP contribution < -0.4 is 9.64 Å². The van der Waals surface area contributed by atoms with Gasteiger partial charge in [-0.3, -0.25) is 4.79 Å². The zero-order chi connectivity index (χ0) is 22.1. The number of amides is 1. The van der Waals surface area contributed by atoms with Crippen molar-refractivity contribution in [1.29, 1.82) is 0 Å². The second kappa shape index (κ2) is 8.68. The summed E-state index contributed by atoms with van der Waals surface area (Å²) < 4.78 is 5.95. The van der Waals surface area contributed by atoms with Crippen LogP contribution in [0.15, 0.2) is 84.9 Å². The lowest BCUT2D eigenvalue weighted by Crippen LogP contribution is -2.36. The van der Waals surface area contributed by atoms with Crippen molar-refractivity contribution in [2.45, 2.75) is 25.8 Å². The van der Waals surface area contributed by atoms with Gasteiger partial charge >= 0.3 is 0 Å². The Morgan fingerprint density at radius 2 is 1.78 bits per heavy atom. The second-order valence-corrected chi connectivity index (χ2v) is 8.49. The summed E-state index contributed by atoms with van der Waals surface area (Å²) in [5.41, 5.74) is 4.20. The molecule has 0 bridgehead atoms. The van der Waals surface area contributed by atoms with Gasteiger partial charge in [-0.2, -0.15) is 0 Å². The van der Waals surface area contributed by atoms with E-state index >= 15 is 0 Å². The van der Waals surface area contributed by atoms with Crippen LogP contribution in [-0.4, -0.2) is 12.5 Å². The summed E-state index contributed by atoms with van der Waals surface area (Å²) in [4.78, 5) is 15.4. The van der Waals surface area contributed by atoms with Gasteiger partial charge < -0.3 is 9.64 Å². The third kappa shape index (κ3) is 3.74. The molecule has 1 atom stereocenters. The first kappa shape index (κ1) is 20.6. The third-order valence-corrected chi connectivity index (χ3v) is 6.33. The Kier molecular flexibility index (Phi) is 5.59. The molecule has 1 unspecified atom stereocenters. The molecule has 0 aliphatic carbocycles. The molecule has 5 rings (SSSR count). The first-order chi connectivity index (χ1) is 15.7. The quantitative estimate of drug-likeness (QED) is 0.335. The molecule has 3 nitrogen and oxygen atoms in total. The maximum absolute atomic E-state index is 13.5. The van der Waals surface area contributed by atoms with Crippen LogP contribution in [0.5, 0.6) is 5.75 Å². The minimum absolute atomic E-state index is 0.0676. The topological polar surface area (TPSA) is 29.5 Å². The Hall–Kier alpha value is -3.30. The Labute approximate surface area is 193 Å². The number of anilines is 1. The number of para-hydroxylation sites is 1. The van der Waals surface area contributed by atoms with Gasteiger partial charge in [-0.05, 0) is 53.1 Å². The summed E-state index contributed by atoms with van der Waals surface area (Å²) >= 11 is 6.21. The monoisotopic (exact) mass is 441 g/mol. The van der Waals surface area contributed by atoms with Crippen molar-refractivity contribution >= 4 is 34.0 Å². The molecule has 1 heterocycles. The summed E-state index contributed by atoms with van der Waals surface area (Å²) in [5.74, 6) is 0.876. The lowest BCUT2D eigenvalue weighted by molar-refractivity contribution is -0.119. The summed E-state index contributed by atoms with van der Waals surface area (Å²) in [5, 5.41) is 3.02. The van der Waals surface area contributed by atoms with Gasteiger partial charge in [0.1, 0.15) is 5.75 Å². The second-order valence-electron chi connectivity index (χ2n) is 8.06. The van der Waals surface area contributed by atoms with E-state index in [2.05, 4.69) is 42.5 Å². The molecule has 1 aliphatic heterocycles. The van der Waals surface area contributed by atoms with E-state index in [9.17, 15) is 4.79 Å². The molecule has 1 amide bonds. The molecular formula is C28H24ClNO2. The van der Waals surface area contributed by atoms with Crippen LogP contribution in [0.1, 0.15) is 36.0 Å². The maximum atomic E-state index is 13.5. The molecule has 4 heteroatoms. The van der Waals surface area contributed by atoms with E-state index in [1.807, 2.05) is 54.3 Å². The fourth-order valence-corrected chi connectivity index (χ4v) is 4.93. The van der Waals surface area contributed by atoms with E-state index in [-0.39, 0.29) is 11.8 Å². The highest BCUT2D eigenvalue weighted by molar-refractivity contribution is 6.30. The molecule has 0 spiro atoms. The Bertz CT molecular complexity index is 1300. The van der Waals surface area contributed by atoms with Crippen LogP contribution in [0.3, 0.4) is 0 Å². The van der Waals surface area contributed by atoms with E-state index in [0.717, 1.165) is 22.6 Å². The smallest absolute Gasteiger partial charge is 0.228 e. The molecule has 0 radical (unpaired) electrons. The number of ether oxygens (including phenoxy) is 1. The van der Waals surface area contributed by atoms with Gasteiger partial charge in [0, 0.05) is 28.6 Å². The Balaban J connectivity index is 1.69. The predicted octanol–water partition coefficient (Wildman–Crippen LogP) is 6.96. The summed E-state index contributed by atoms with van der Waals surface area (Å²) in [6, 6.07) is 28.4. The molecular weight excluding hydrogens is 418 g/mol. The number of rotatable bonds is 5. The van der Waals surface area contributed by atoms with Crippen LogP contribution >= 0.6 is 11.6 Å². The molecule has 160 valence electrons. The Morgan fingerprint density at radius 1 is 0.969 bits per heavy atom. The SMILES string of the molecule is CCOc1ccccc1C1CC(=O)N(Cc2cccc(Cl)c2)c2ccc3ccccc3c21. The van der Waals surface area contributed by atoms with Gasteiger partial charge in [0.2, 0.25) is 5.91 Å². The molecule has 4 aromatic rings. The Morgan fingerprint density at radius 3 is 2.62 bits per heavy atom. The molecule has 0 saturated carbocycles. The van der Waals surface area contributed by atoms with Crippen molar-refractivity contribution < 1.29 is 9.53 Å². The van der Waals surface area contributed by atoms with Crippen molar-refractivity contribution in [2.24, 2.45) is 0 Å². The van der Waals surface area contributed by atoms with Crippen molar-refractivity contribution in [3.05, 3.63) is 107 Å². The number of nitrogens with zero attached hydrogens (tertiary/aromatic N) is 1. The van der Waals surface area contributed by atoms with Crippen LogP contribution in [0.2, 0.25) is 5.02 Å². The van der Waals surface area contributed by atoms with E-state index in [1.54, 1.807) is 0 Å². The maximum Gasteiger partial charge on any atom is 0.228 e. The van der Waals surface area contributed by atoms with Crippen LogP contribution in [0.25, 0.3) is 10.8 Å². The van der Waals surface area contributed by atoms with Crippen molar-refractivity contribution in [1.82, 2.24) is 0 Å². The number of halogens is 1. The number of carbonyl (C=O) groups is 1. The standard InChI is InChI=1S/C28H24ClNO2/c1-2-32-26-13-6-5-12-23(26)24-17-27(31)30(18-19-8-7-10-21(29)16-19)25-15-14-20-9-3-4-11-22(20)28(24)25/h3-16,24H,2,17-18H2,1H3. The highest BCUT2D eigenvalue weighted by Crippen LogP contribution is 2.46. The van der Waals surface area contributed by atoms with Gasteiger partial charge in [-0.15, -0.1) is 0 Å². The zero-order valence-electron chi connectivity index (χ0n) is 17.9. The molecule has 0 saturated heterocycles. The molecule has 1 aliphatic rings. The highest BCUT2D eigenvalue weighted by atomic mass is 35.5. The van der Waals surface area contributed by atoms with Gasteiger partial charge in [0.05, 0.1) is 13.2 Å². The van der Waals surface area contributed by atoms with Crippen LogP contribution in [0.4, 0.5) is 5.69 Å². The highest BCUT2D eigenvalue weighted by Gasteiger charge is 2.35. The lowest BCUT2D eigenvalue weighted by atomic mass is 9.80. The number of carbonyl (C=O) groups excluding carboxylic acids is 1. The summed E-state index contributed by atoms with van der Waals surface area (Å²) in [6.45, 7) is 3.06. The van der Waals surface area contributed by atoms with E-state index in [1.165, 1.54) is 16.3 Å².